The summed E-state index contributed by atoms with van der Waals surface area (Å²) in [5.41, 5.74) is 23.8. The van der Waals surface area contributed by atoms with Crippen molar-refractivity contribution < 1.29 is 9.47 Å². The van der Waals surface area contributed by atoms with Crippen molar-refractivity contribution >= 4 is 17.1 Å². The van der Waals surface area contributed by atoms with Crippen LogP contribution in [0.4, 0.5) is 17.1 Å². The third-order valence-electron chi connectivity index (χ3n) is 16.8. The summed E-state index contributed by atoms with van der Waals surface area (Å²) in [6, 6.07) is 104. The summed E-state index contributed by atoms with van der Waals surface area (Å²) < 4.78 is 13.3. The topological polar surface area (TPSA) is 21.7 Å². The molecule has 0 unspecified atom stereocenters. The minimum absolute atomic E-state index is 0.509. The molecule has 0 saturated heterocycles. The molecule has 360 valence electrons. The predicted octanol–water partition coefficient (Wildman–Crippen LogP) is 19.1. The molecule has 12 aromatic rings. The lowest BCUT2D eigenvalue weighted by atomic mass is 9.66. The summed E-state index contributed by atoms with van der Waals surface area (Å²) in [6.45, 7) is 0. The van der Waals surface area contributed by atoms with Gasteiger partial charge >= 0.3 is 0 Å². The van der Waals surface area contributed by atoms with E-state index in [1.54, 1.807) is 0 Å². The van der Waals surface area contributed by atoms with Crippen molar-refractivity contribution in [3.8, 4) is 78.6 Å². The Bertz CT molecular complexity index is 4250. The molecule has 0 amide bonds. The van der Waals surface area contributed by atoms with Gasteiger partial charge in [-0.2, -0.15) is 0 Å². The Morgan fingerprint density at radius 1 is 0.234 bits per heavy atom. The summed E-state index contributed by atoms with van der Waals surface area (Å²) in [6.07, 6.45) is 0. The van der Waals surface area contributed by atoms with Crippen LogP contribution in [0.15, 0.2) is 285 Å². The first-order chi connectivity index (χ1) is 38.2. The Morgan fingerprint density at radius 2 is 0.610 bits per heavy atom. The largest absolute Gasteiger partial charge is 0.457 e. The molecule has 16 rings (SSSR count). The molecule has 2 aliphatic heterocycles. The van der Waals surface area contributed by atoms with E-state index in [1.807, 2.05) is 0 Å². The van der Waals surface area contributed by atoms with Crippen molar-refractivity contribution in [2.45, 2.75) is 10.8 Å². The second-order valence-corrected chi connectivity index (χ2v) is 20.6. The maximum Gasteiger partial charge on any atom is 0.132 e. The SMILES string of the molecule is c1ccc(-c2ccc(N(c3ccc(-c4ccc5c(c4)-c4ccccc4C54c5ccccc5Oc5ccccc54)cc3)c3ccccc3-c3cccc4c3-c3ccccc3C43c4ccccc4Oc4ccccc43)cc2)cc1. The van der Waals surface area contributed by atoms with E-state index in [0.29, 0.717) is 0 Å². The van der Waals surface area contributed by atoms with Crippen molar-refractivity contribution in [3.63, 3.8) is 0 Å². The van der Waals surface area contributed by atoms with Crippen LogP contribution in [-0.2, 0) is 10.8 Å². The van der Waals surface area contributed by atoms with Gasteiger partial charge in [0.25, 0.3) is 0 Å². The monoisotopic (exact) mass is 981 g/mol. The Hall–Kier alpha value is -9.96. The molecule has 3 heteroatoms. The van der Waals surface area contributed by atoms with Crippen LogP contribution in [0.25, 0.3) is 55.6 Å². The van der Waals surface area contributed by atoms with Gasteiger partial charge < -0.3 is 14.4 Å². The van der Waals surface area contributed by atoms with Crippen LogP contribution >= 0.6 is 0 Å². The van der Waals surface area contributed by atoms with Crippen LogP contribution in [0.3, 0.4) is 0 Å². The van der Waals surface area contributed by atoms with E-state index in [1.165, 1.54) is 77.9 Å². The van der Waals surface area contributed by atoms with Gasteiger partial charge in [-0.1, -0.05) is 224 Å². The fourth-order valence-corrected chi connectivity index (χ4v) is 13.7. The molecule has 0 saturated carbocycles. The molecule has 2 spiro atoms. The molecular weight excluding hydrogens is 935 g/mol. The number of ether oxygens (including phenoxy) is 2. The van der Waals surface area contributed by atoms with Crippen LogP contribution in [0.5, 0.6) is 23.0 Å². The van der Waals surface area contributed by atoms with Crippen molar-refractivity contribution in [3.05, 3.63) is 330 Å². The third-order valence-corrected chi connectivity index (χ3v) is 16.8. The smallest absolute Gasteiger partial charge is 0.132 e. The van der Waals surface area contributed by atoms with Gasteiger partial charge in [0, 0.05) is 39.2 Å². The van der Waals surface area contributed by atoms with Gasteiger partial charge in [-0.25, -0.2) is 0 Å². The lowest BCUT2D eigenvalue weighted by Crippen LogP contribution is -2.32. The number of rotatable bonds is 6. The van der Waals surface area contributed by atoms with Crippen LogP contribution < -0.4 is 14.4 Å². The maximum atomic E-state index is 6.70. The molecule has 2 heterocycles. The van der Waals surface area contributed by atoms with E-state index in [4.69, 9.17) is 9.47 Å². The zero-order valence-corrected chi connectivity index (χ0v) is 41.9. The number of hydrogen-bond donors (Lipinski definition) is 0. The standard InChI is InChI=1S/C74H47NO2/c1-2-19-48(20-3-1)49-37-42-52(43-38-49)75(53-44-39-50(40-45-53)51-41-46-61-58(47-51)54-21-4-7-25-59(54)73(61)62-27-9-14-33-68(62)76-69-34-15-10-28-63(69)73)67-32-13-6-22-55(67)56-24-18-31-66-72(56)57-23-5-8-26-60(57)74(66)64-29-11-16-35-70(64)77-71-36-17-12-30-65(71)74/h1-47H. The lowest BCUT2D eigenvalue weighted by molar-refractivity contribution is 0.436. The molecule has 4 aliphatic rings. The minimum Gasteiger partial charge on any atom is -0.457 e. The number of para-hydroxylation sites is 5. The molecule has 0 bridgehead atoms. The highest BCUT2D eigenvalue weighted by atomic mass is 16.5. The second kappa shape index (κ2) is 16.8. The first kappa shape index (κ1) is 43.4. The summed E-state index contributed by atoms with van der Waals surface area (Å²) >= 11 is 0. The fraction of sp³-hybridized carbons (Fsp3) is 0.0270. The quantitative estimate of drug-likeness (QED) is 0.166. The van der Waals surface area contributed by atoms with Crippen LogP contribution in [0.2, 0.25) is 0 Å². The molecule has 2 aliphatic carbocycles. The summed E-state index contributed by atoms with van der Waals surface area (Å²) in [5, 5.41) is 0. The summed E-state index contributed by atoms with van der Waals surface area (Å²) in [7, 11) is 0. The number of hydrogen-bond acceptors (Lipinski definition) is 3. The average molecular weight is 982 g/mol. The van der Waals surface area contributed by atoms with E-state index in [9.17, 15) is 0 Å². The Kier molecular flexibility index (Phi) is 9.47. The molecular formula is C74H47NO2. The van der Waals surface area contributed by atoms with E-state index in [-0.39, 0.29) is 0 Å². The van der Waals surface area contributed by atoms with E-state index < -0.39 is 10.8 Å². The van der Waals surface area contributed by atoms with Gasteiger partial charge in [-0.05, 0) is 133 Å². The van der Waals surface area contributed by atoms with Gasteiger partial charge in [0.1, 0.15) is 23.0 Å². The molecule has 0 radical (unpaired) electrons. The fourth-order valence-electron chi connectivity index (χ4n) is 13.7. The molecule has 0 aromatic heterocycles. The number of nitrogens with zero attached hydrogens (tertiary/aromatic N) is 1. The molecule has 12 aromatic carbocycles. The van der Waals surface area contributed by atoms with Gasteiger partial charge in [0.15, 0.2) is 0 Å². The molecule has 77 heavy (non-hydrogen) atoms. The molecule has 0 N–H and O–H groups in total. The molecule has 0 atom stereocenters. The van der Waals surface area contributed by atoms with E-state index in [0.717, 1.165) is 62.3 Å². The first-order valence-electron chi connectivity index (χ1n) is 26.6. The number of fused-ring (bicyclic) bond motifs is 18. The zero-order chi connectivity index (χ0) is 50.7. The van der Waals surface area contributed by atoms with Crippen molar-refractivity contribution in [2.24, 2.45) is 0 Å². The van der Waals surface area contributed by atoms with Gasteiger partial charge in [-0.3, -0.25) is 0 Å². The van der Waals surface area contributed by atoms with Crippen LogP contribution in [0, 0.1) is 0 Å². The third kappa shape index (κ3) is 6.14. The Balaban J connectivity index is 0.856. The van der Waals surface area contributed by atoms with Crippen molar-refractivity contribution in [1.82, 2.24) is 0 Å². The predicted molar refractivity (Wildman–Crippen MR) is 312 cm³/mol. The summed E-state index contributed by atoms with van der Waals surface area (Å²) in [4.78, 5) is 2.44. The average Bonchev–Trinajstić information content (AvgIpc) is 4.04. The first-order valence-corrected chi connectivity index (χ1v) is 26.6. The van der Waals surface area contributed by atoms with Crippen LogP contribution in [0.1, 0.15) is 44.5 Å². The van der Waals surface area contributed by atoms with Crippen LogP contribution in [-0.4, -0.2) is 0 Å². The highest BCUT2D eigenvalue weighted by molar-refractivity contribution is 6.01. The van der Waals surface area contributed by atoms with Crippen molar-refractivity contribution in [1.29, 1.82) is 0 Å². The van der Waals surface area contributed by atoms with Gasteiger partial charge in [-0.15, -0.1) is 0 Å². The highest BCUT2D eigenvalue weighted by Gasteiger charge is 2.53. The highest BCUT2D eigenvalue weighted by Crippen LogP contribution is 2.65. The normalized spacial score (nSPS) is 13.9. The van der Waals surface area contributed by atoms with Gasteiger partial charge in [0.05, 0.1) is 16.5 Å². The number of anilines is 3. The van der Waals surface area contributed by atoms with Gasteiger partial charge in [0.2, 0.25) is 0 Å². The Labute approximate surface area is 448 Å². The summed E-state index contributed by atoms with van der Waals surface area (Å²) in [5.74, 6) is 3.57. The minimum atomic E-state index is -0.578. The lowest BCUT2D eigenvalue weighted by Gasteiger charge is -2.39. The van der Waals surface area contributed by atoms with Crippen molar-refractivity contribution in [2.75, 3.05) is 4.90 Å². The zero-order valence-electron chi connectivity index (χ0n) is 41.9. The number of benzene rings is 12. The Morgan fingerprint density at radius 3 is 1.18 bits per heavy atom. The molecule has 3 nitrogen and oxygen atoms in total. The second-order valence-electron chi connectivity index (χ2n) is 20.6. The van der Waals surface area contributed by atoms with E-state index in [2.05, 4.69) is 290 Å². The molecule has 0 fully saturated rings. The maximum absolute atomic E-state index is 6.70. The van der Waals surface area contributed by atoms with E-state index >= 15 is 0 Å².